The first-order valence-corrected chi connectivity index (χ1v) is 11.7. The molecule has 0 spiro atoms. The Morgan fingerprint density at radius 2 is 1.85 bits per heavy atom. The summed E-state index contributed by atoms with van der Waals surface area (Å²) in [5.41, 5.74) is 4.69. The maximum atomic E-state index is 13.6. The fraction of sp³-hybridized carbons (Fsp3) is 0.357. The van der Waals surface area contributed by atoms with E-state index >= 15 is 0 Å². The van der Waals surface area contributed by atoms with Crippen LogP contribution in [0, 0.1) is 11.7 Å². The Morgan fingerprint density at radius 3 is 2.39 bits per heavy atom. The summed E-state index contributed by atoms with van der Waals surface area (Å²) in [4.78, 5) is 27.0. The second-order valence-electron chi connectivity index (χ2n) is 8.58. The molecule has 0 atom stereocenters. The van der Waals surface area contributed by atoms with Gasteiger partial charge in [0.15, 0.2) is 11.2 Å². The first-order chi connectivity index (χ1) is 15.9. The molecule has 0 bridgehead atoms. The molecule has 1 aromatic carbocycles. The van der Waals surface area contributed by atoms with E-state index < -0.39 is 0 Å². The third-order valence-corrected chi connectivity index (χ3v) is 5.87. The Bertz CT molecular complexity index is 1160. The van der Waals surface area contributed by atoms with Crippen molar-refractivity contribution in [2.75, 3.05) is 13.6 Å². The summed E-state index contributed by atoms with van der Waals surface area (Å²) in [6, 6.07) is 8.08. The van der Waals surface area contributed by atoms with Gasteiger partial charge in [-0.1, -0.05) is 45.1 Å². The Labute approximate surface area is 197 Å². The zero-order chi connectivity index (χ0) is 24.1. The van der Waals surface area contributed by atoms with Crippen molar-refractivity contribution in [1.82, 2.24) is 9.47 Å². The molecule has 1 fully saturated rings. The molecule has 1 aliphatic carbocycles. The van der Waals surface area contributed by atoms with Crippen LogP contribution < -0.4 is 5.43 Å². The van der Waals surface area contributed by atoms with Crippen LogP contribution in [-0.2, 0) is 6.54 Å². The number of hydrogen-bond acceptors (Lipinski definition) is 3. The molecule has 5 heteroatoms. The summed E-state index contributed by atoms with van der Waals surface area (Å²) in [6.45, 7) is 11.2. The normalized spacial score (nSPS) is 17.0. The average molecular weight is 451 g/mol. The predicted molar refractivity (Wildman–Crippen MR) is 136 cm³/mol. The van der Waals surface area contributed by atoms with Crippen molar-refractivity contribution in [3.05, 3.63) is 93.7 Å². The average Bonchev–Trinajstić information content (AvgIpc) is 3.64. The summed E-state index contributed by atoms with van der Waals surface area (Å²) in [7, 11) is 2.01. The van der Waals surface area contributed by atoms with E-state index in [-0.39, 0.29) is 24.0 Å². The van der Waals surface area contributed by atoms with Crippen LogP contribution in [0.4, 0.5) is 4.39 Å². The quantitative estimate of drug-likeness (QED) is 0.403. The van der Waals surface area contributed by atoms with Crippen molar-refractivity contribution >= 4 is 17.1 Å². The Balaban J connectivity index is 0.000000970. The molecule has 0 unspecified atom stereocenters. The number of benzene rings is 1. The maximum Gasteiger partial charge on any atom is 0.193 e. The molecule has 176 valence electrons. The van der Waals surface area contributed by atoms with Crippen molar-refractivity contribution in [3.63, 3.8) is 0 Å². The molecule has 4 rings (SSSR count). The van der Waals surface area contributed by atoms with Gasteiger partial charge in [-0.05, 0) is 55.0 Å². The molecule has 1 saturated carbocycles. The monoisotopic (exact) mass is 450 g/mol. The molecular formula is C28H35FN2O2. The van der Waals surface area contributed by atoms with Crippen molar-refractivity contribution in [2.45, 2.75) is 46.6 Å². The number of ketones is 1. The largest absolute Gasteiger partial charge is 0.371 e. The van der Waals surface area contributed by atoms with Gasteiger partial charge < -0.3 is 9.47 Å². The fourth-order valence-electron chi connectivity index (χ4n) is 4.18. The zero-order valence-electron chi connectivity index (χ0n) is 20.0. The molecule has 1 aromatic heterocycles. The SMILES string of the molecule is C=CC(=O)c1cn2c(cc1=O)/C(=C(/C(=C/C)C1CC1)c1ccc(F)cc1)N(C)CC2.CCC.[HH]. The molecule has 0 saturated heterocycles. The Hall–Kier alpha value is -3.21. The van der Waals surface area contributed by atoms with Gasteiger partial charge in [-0.25, -0.2) is 4.39 Å². The van der Waals surface area contributed by atoms with Crippen LogP contribution in [0.25, 0.3) is 11.3 Å². The van der Waals surface area contributed by atoms with Crippen LogP contribution >= 0.6 is 0 Å². The van der Waals surface area contributed by atoms with Gasteiger partial charge in [0.1, 0.15) is 5.82 Å². The highest BCUT2D eigenvalue weighted by molar-refractivity contribution is 6.04. The van der Waals surface area contributed by atoms with Crippen LogP contribution in [0.5, 0.6) is 0 Å². The van der Waals surface area contributed by atoms with Crippen molar-refractivity contribution in [2.24, 2.45) is 5.92 Å². The van der Waals surface area contributed by atoms with Crippen LogP contribution in [0.15, 0.2) is 65.6 Å². The molecule has 2 heterocycles. The van der Waals surface area contributed by atoms with Gasteiger partial charge in [-0.3, -0.25) is 9.59 Å². The number of nitrogens with zero attached hydrogens (tertiary/aromatic N) is 2. The lowest BCUT2D eigenvalue weighted by Crippen LogP contribution is -2.33. The molecule has 1 aliphatic heterocycles. The molecule has 4 nitrogen and oxygen atoms in total. The van der Waals surface area contributed by atoms with E-state index in [2.05, 4.69) is 31.4 Å². The number of fused-ring (bicyclic) bond motifs is 1. The Morgan fingerprint density at radius 1 is 1.21 bits per heavy atom. The van der Waals surface area contributed by atoms with Crippen LogP contribution in [0.2, 0.25) is 0 Å². The number of likely N-dealkylation sites (N-methyl/N-ethyl adjacent to an activating group) is 1. The molecule has 2 aromatic rings. The highest BCUT2D eigenvalue weighted by Gasteiger charge is 2.32. The minimum absolute atomic E-state index is 0. The number of halogens is 1. The van der Waals surface area contributed by atoms with E-state index in [4.69, 9.17) is 0 Å². The van der Waals surface area contributed by atoms with Crippen LogP contribution in [-0.4, -0.2) is 28.8 Å². The van der Waals surface area contributed by atoms with Gasteiger partial charge in [-0.2, -0.15) is 0 Å². The smallest absolute Gasteiger partial charge is 0.193 e. The first kappa shape index (κ1) is 24.4. The third kappa shape index (κ3) is 5.24. The number of aromatic nitrogens is 1. The number of pyridine rings is 1. The standard InChI is InChI=1S/C25H25FN2O2.C3H8.H2/c1-4-19(16-6-7-16)24(17-8-10-18(26)11-9-17)25-21-14-23(30)20(22(29)5-2)15-28(21)13-12-27(25)3;1-3-2;/h4-5,8-11,14-16H,2,6-7,12-13H2,1,3H3;3H2,1-2H3;1H/b19-4+,25-24-;;. The van der Waals surface area contributed by atoms with Crippen molar-refractivity contribution < 1.29 is 10.6 Å². The zero-order valence-corrected chi connectivity index (χ0v) is 20.0. The second-order valence-corrected chi connectivity index (χ2v) is 8.58. The molecular weight excluding hydrogens is 415 g/mol. The summed E-state index contributed by atoms with van der Waals surface area (Å²) in [6.07, 6.45) is 8.44. The van der Waals surface area contributed by atoms with E-state index in [9.17, 15) is 14.0 Å². The lowest BCUT2D eigenvalue weighted by molar-refractivity contribution is 0.104. The molecule has 33 heavy (non-hydrogen) atoms. The van der Waals surface area contributed by atoms with E-state index in [0.29, 0.717) is 12.5 Å². The van der Waals surface area contributed by atoms with E-state index in [0.717, 1.165) is 41.9 Å². The topological polar surface area (TPSA) is 42.3 Å². The molecule has 2 aliphatic rings. The van der Waals surface area contributed by atoms with Gasteiger partial charge in [0.25, 0.3) is 0 Å². The molecule has 0 amide bonds. The Kier molecular flexibility index (Phi) is 7.85. The van der Waals surface area contributed by atoms with Gasteiger partial charge in [-0.15, -0.1) is 0 Å². The number of hydrogen-bond donors (Lipinski definition) is 0. The summed E-state index contributed by atoms with van der Waals surface area (Å²) >= 11 is 0. The van der Waals surface area contributed by atoms with Crippen LogP contribution in [0.1, 0.15) is 63.1 Å². The highest BCUT2D eigenvalue weighted by atomic mass is 19.1. The first-order valence-electron chi connectivity index (χ1n) is 11.7. The number of carbonyl (C=O) groups excluding carboxylic acids is 1. The second kappa shape index (κ2) is 10.6. The predicted octanol–water partition coefficient (Wildman–Crippen LogP) is 6.19. The minimum Gasteiger partial charge on any atom is -0.371 e. The lowest BCUT2D eigenvalue weighted by Gasteiger charge is -2.34. The van der Waals surface area contributed by atoms with E-state index in [1.807, 2.05) is 18.5 Å². The van der Waals surface area contributed by atoms with Gasteiger partial charge >= 0.3 is 0 Å². The van der Waals surface area contributed by atoms with Crippen molar-refractivity contribution in [3.8, 4) is 0 Å². The number of rotatable bonds is 5. The van der Waals surface area contributed by atoms with E-state index in [1.165, 1.54) is 30.2 Å². The fourth-order valence-corrected chi connectivity index (χ4v) is 4.18. The molecule has 0 radical (unpaired) electrons. The number of carbonyl (C=O) groups is 1. The van der Waals surface area contributed by atoms with Gasteiger partial charge in [0.2, 0.25) is 0 Å². The summed E-state index contributed by atoms with van der Waals surface area (Å²) in [5, 5.41) is 0. The van der Waals surface area contributed by atoms with Gasteiger partial charge in [0.05, 0.1) is 17.0 Å². The molecule has 0 N–H and O–H groups in total. The van der Waals surface area contributed by atoms with Crippen LogP contribution in [0.3, 0.4) is 0 Å². The van der Waals surface area contributed by atoms with E-state index in [1.54, 1.807) is 24.4 Å². The van der Waals surface area contributed by atoms with Crippen molar-refractivity contribution in [1.29, 1.82) is 0 Å². The third-order valence-electron chi connectivity index (χ3n) is 5.87. The maximum absolute atomic E-state index is 13.6. The number of allylic oxidation sites excluding steroid dienone is 4. The lowest BCUT2D eigenvalue weighted by atomic mass is 9.90. The summed E-state index contributed by atoms with van der Waals surface area (Å²) in [5.74, 6) is -0.178. The minimum atomic E-state index is -0.370. The van der Waals surface area contributed by atoms with Gasteiger partial charge in [0, 0.05) is 39.4 Å². The summed E-state index contributed by atoms with van der Waals surface area (Å²) < 4.78 is 15.6. The highest BCUT2D eigenvalue weighted by Crippen LogP contribution is 2.46.